The number of hydrogen-bond donors (Lipinski definition) is 1. The van der Waals surface area contributed by atoms with E-state index < -0.39 is 25.0 Å². The molecule has 1 N–H and O–H groups in total. The Bertz CT molecular complexity index is 240. The zero-order valence-corrected chi connectivity index (χ0v) is 6.01. The lowest BCUT2D eigenvalue weighted by atomic mass is 10.6. The van der Waals surface area contributed by atoms with Gasteiger partial charge in [0.2, 0.25) is 11.8 Å². The molecule has 0 amide bonds. The summed E-state index contributed by atoms with van der Waals surface area (Å²) >= 11 is 0. The largest absolute Gasteiger partial charge is 0.417 e. The molecule has 0 aliphatic rings. The SMILES string of the molecule is FC(F)Oc1cc(OC(F)F)[nH]n1. The van der Waals surface area contributed by atoms with Crippen molar-refractivity contribution in [1.29, 1.82) is 0 Å². The molecule has 0 saturated heterocycles. The number of aromatic nitrogens is 2. The summed E-state index contributed by atoms with van der Waals surface area (Å²) in [5, 5.41) is 5.06. The fraction of sp³-hybridized carbons (Fsp3) is 0.400. The molecule has 1 aromatic heterocycles. The lowest BCUT2D eigenvalue weighted by molar-refractivity contribution is -0.0541. The van der Waals surface area contributed by atoms with Crippen molar-refractivity contribution in [2.24, 2.45) is 0 Å². The summed E-state index contributed by atoms with van der Waals surface area (Å²) in [7, 11) is 0. The maximum Gasteiger partial charge on any atom is 0.388 e. The molecule has 0 saturated carbocycles. The van der Waals surface area contributed by atoms with Crippen LogP contribution in [0.1, 0.15) is 0 Å². The summed E-state index contributed by atoms with van der Waals surface area (Å²) in [4.78, 5) is 0. The quantitative estimate of drug-likeness (QED) is 0.751. The maximum atomic E-state index is 11.5. The summed E-state index contributed by atoms with van der Waals surface area (Å²) < 4.78 is 53.7. The molecule has 4 nitrogen and oxygen atoms in total. The minimum Gasteiger partial charge on any atom is -0.417 e. The van der Waals surface area contributed by atoms with Crippen molar-refractivity contribution < 1.29 is 27.0 Å². The van der Waals surface area contributed by atoms with Gasteiger partial charge in [-0.2, -0.15) is 17.6 Å². The van der Waals surface area contributed by atoms with Crippen molar-refractivity contribution in [2.75, 3.05) is 0 Å². The van der Waals surface area contributed by atoms with Crippen LogP contribution in [0.4, 0.5) is 17.6 Å². The molecule has 0 spiro atoms. The fourth-order valence-corrected chi connectivity index (χ4v) is 0.595. The third kappa shape index (κ3) is 3.18. The number of alkyl halides is 4. The minimum atomic E-state index is -3.05. The van der Waals surface area contributed by atoms with E-state index >= 15 is 0 Å². The van der Waals surface area contributed by atoms with Gasteiger partial charge >= 0.3 is 13.2 Å². The summed E-state index contributed by atoms with van der Waals surface area (Å²) in [5.41, 5.74) is 0. The van der Waals surface area contributed by atoms with E-state index in [0.29, 0.717) is 0 Å². The molecule has 1 aromatic rings. The van der Waals surface area contributed by atoms with Crippen molar-refractivity contribution >= 4 is 0 Å². The second-order valence-electron chi connectivity index (χ2n) is 1.83. The monoisotopic (exact) mass is 200 g/mol. The lowest BCUT2D eigenvalue weighted by Gasteiger charge is -1.98. The topological polar surface area (TPSA) is 47.1 Å². The number of rotatable bonds is 4. The molecule has 0 atom stereocenters. The smallest absolute Gasteiger partial charge is 0.388 e. The maximum absolute atomic E-state index is 11.5. The normalized spacial score (nSPS) is 10.9. The number of nitrogens with one attached hydrogen (secondary N) is 1. The van der Waals surface area contributed by atoms with Crippen LogP contribution in [0.15, 0.2) is 6.07 Å². The van der Waals surface area contributed by atoms with Crippen LogP contribution in [0.3, 0.4) is 0 Å². The van der Waals surface area contributed by atoms with Crippen LogP contribution in [-0.2, 0) is 0 Å². The predicted molar refractivity (Wildman–Crippen MR) is 31.9 cm³/mol. The van der Waals surface area contributed by atoms with E-state index in [1.165, 1.54) is 0 Å². The van der Waals surface area contributed by atoms with Gasteiger partial charge in [0.15, 0.2) is 0 Å². The first-order valence-corrected chi connectivity index (χ1v) is 3.03. The average Bonchev–Trinajstić information content (AvgIpc) is 2.33. The van der Waals surface area contributed by atoms with E-state index in [1.54, 1.807) is 0 Å². The highest BCUT2D eigenvalue weighted by atomic mass is 19.3. The Labute approximate surface area is 69.4 Å². The first-order chi connectivity index (χ1) is 6.08. The Morgan fingerprint density at radius 3 is 2.31 bits per heavy atom. The van der Waals surface area contributed by atoms with Crippen LogP contribution >= 0.6 is 0 Å². The van der Waals surface area contributed by atoms with E-state index in [4.69, 9.17) is 0 Å². The van der Waals surface area contributed by atoms with Gasteiger partial charge in [0.1, 0.15) is 0 Å². The summed E-state index contributed by atoms with van der Waals surface area (Å²) in [6.45, 7) is -6.09. The first-order valence-electron chi connectivity index (χ1n) is 3.03. The van der Waals surface area contributed by atoms with Crippen molar-refractivity contribution in [1.82, 2.24) is 10.2 Å². The molecular weight excluding hydrogens is 196 g/mol. The Morgan fingerprint density at radius 1 is 1.15 bits per heavy atom. The average molecular weight is 200 g/mol. The van der Waals surface area contributed by atoms with Gasteiger partial charge < -0.3 is 9.47 Å². The Balaban J connectivity index is 2.53. The molecule has 13 heavy (non-hydrogen) atoms. The standard InChI is InChI=1S/C5H4F4N2O2/c6-4(7)12-2-1-3(11-10-2)13-5(8)9/h1,4-5H,(H,10,11). The lowest BCUT2D eigenvalue weighted by Crippen LogP contribution is -2.02. The van der Waals surface area contributed by atoms with Gasteiger partial charge in [0.25, 0.3) is 0 Å². The van der Waals surface area contributed by atoms with Gasteiger partial charge in [-0.1, -0.05) is 0 Å². The van der Waals surface area contributed by atoms with Gasteiger partial charge in [-0.05, 0) is 0 Å². The molecule has 0 unspecified atom stereocenters. The summed E-state index contributed by atoms with van der Waals surface area (Å²) in [6.07, 6.45) is 0. The van der Waals surface area contributed by atoms with E-state index in [9.17, 15) is 17.6 Å². The second kappa shape index (κ2) is 3.97. The minimum absolute atomic E-state index is 0.439. The zero-order chi connectivity index (χ0) is 9.84. The van der Waals surface area contributed by atoms with Crippen LogP contribution in [0.25, 0.3) is 0 Å². The van der Waals surface area contributed by atoms with Crippen LogP contribution in [-0.4, -0.2) is 23.4 Å². The third-order valence-electron chi connectivity index (χ3n) is 0.957. The highest BCUT2D eigenvalue weighted by molar-refractivity contribution is 5.18. The highest BCUT2D eigenvalue weighted by Gasteiger charge is 2.11. The van der Waals surface area contributed by atoms with E-state index in [0.717, 1.165) is 6.07 Å². The first kappa shape index (κ1) is 9.62. The van der Waals surface area contributed by atoms with Crippen molar-refractivity contribution in [3.63, 3.8) is 0 Å². The van der Waals surface area contributed by atoms with E-state index in [-0.39, 0.29) is 0 Å². The summed E-state index contributed by atoms with van der Waals surface area (Å²) in [6, 6.07) is 0.790. The molecule has 8 heteroatoms. The van der Waals surface area contributed by atoms with Gasteiger partial charge in [0.05, 0.1) is 6.07 Å². The van der Waals surface area contributed by atoms with Gasteiger partial charge in [-0.15, -0.1) is 5.10 Å². The molecule has 74 valence electrons. The number of halogens is 4. The van der Waals surface area contributed by atoms with E-state index in [2.05, 4.69) is 14.6 Å². The Morgan fingerprint density at radius 2 is 1.77 bits per heavy atom. The molecule has 0 aromatic carbocycles. The number of ether oxygens (including phenoxy) is 2. The Kier molecular flexibility index (Phi) is 2.93. The van der Waals surface area contributed by atoms with Gasteiger partial charge in [-0.3, -0.25) is 0 Å². The number of aromatic amines is 1. The number of nitrogens with zero attached hydrogens (tertiary/aromatic N) is 1. The number of H-pyrrole nitrogens is 1. The van der Waals surface area contributed by atoms with Crippen molar-refractivity contribution in [3.8, 4) is 11.8 Å². The van der Waals surface area contributed by atoms with Crippen LogP contribution < -0.4 is 9.47 Å². The molecule has 0 radical (unpaired) electrons. The molecule has 1 rings (SSSR count). The zero-order valence-electron chi connectivity index (χ0n) is 6.01. The molecule has 0 aliphatic carbocycles. The second-order valence-corrected chi connectivity index (χ2v) is 1.83. The molecule has 0 fully saturated rings. The van der Waals surface area contributed by atoms with Gasteiger partial charge in [0, 0.05) is 0 Å². The molecule has 0 bridgehead atoms. The fourth-order valence-electron chi connectivity index (χ4n) is 0.595. The molecular formula is C5H4F4N2O2. The van der Waals surface area contributed by atoms with Crippen molar-refractivity contribution in [3.05, 3.63) is 6.07 Å². The van der Waals surface area contributed by atoms with Crippen LogP contribution in [0.5, 0.6) is 11.8 Å². The van der Waals surface area contributed by atoms with Crippen LogP contribution in [0, 0.1) is 0 Å². The van der Waals surface area contributed by atoms with Crippen LogP contribution in [0.2, 0.25) is 0 Å². The van der Waals surface area contributed by atoms with E-state index in [1.807, 2.05) is 5.10 Å². The van der Waals surface area contributed by atoms with Crippen molar-refractivity contribution in [2.45, 2.75) is 13.2 Å². The molecule has 1 heterocycles. The Hall–Kier alpha value is -1.47. The highest BCUT2D eigenvalue weighted by Crippen LogP contribution is 2.18. The number of hydrogen-bond acceptors (Lipinski definition) is 3. The van der Waals surface area contributed by atoms with Gasteiger partial charge in [-0.25, -0.2) is 5.10 Å². The molecule has 0 aliphatic heterocycles. The third-order valence-corrected chi connectivity index (χ3v) is 0.957. The predicted octanol–water partition coefficient (Wildman–Crippen LogP) is 1.61. The summed E-state index contributed by atoms with van der Waals surface area (Å²) in [5.74, 6) is -0.948.